The topological polar surface area (TPSA) is 37.3 Å². The second-order valence-electron chi connectivity index (χ2n) is 7.71. The van der Waals surface area contributed by atoms with Crippen LogP contribution >= 0.6 is 0 Å². The van der Waals surface area contributed by atoms with Crippen LogP contribution in [0.3, 0.4) is 0 Å². The van der Waals surface area contributed by atoms with Gasteiger partial charge in [0.25, 0.3) is 0 Å². The molecule has 23 heavy (non-hydrogen) atoms. The number of aldehydes is 1. The fraction of sp³-hybridized carbons (Fsp3) is 0.667. The van der Waals surface area contributed by atoms with E-state index in [1.807, 2.05) is 12.1 Å². The standard InChI is InChI=1S/C21H30O2/c22-15-21-18(11-16-7-3-1-4-8-16)13-20(23)14-19(21)12-17-9-5-2-6-10-17/h13-17,23H,1-12H2. The third-order valence-corrected chi connectivity index (χ3v) is 5.92. The van der Waals surface area contributed by atoms with Crippen molar-refractivity contribution in [3.8, 4) is 5.75 Å². The highest BCUT2D eigenvalue weighted by atomic mass is 16.3. The molecular formula is C21H30O2. The molecule has 2 aliphatic carbocycles. The minimum atomic E-state index is 0.340. The van der Waals surface area contributed by atoms with E-state index in [4.69, 9.17) is 0 Å². The molecule has 0 radical (unpaired) electrons. The first-order valence-electron chi connectivity index (χ1n) is 9.56. The van der Waals surface area contributed by atoms with Crippen molar-refractivity contribution in [2.45, 2.75) is 77.0 Å². The lowest BCUT2D eigenvalue weighted by Crippen LogP contribution is -2.14. The van der Waals surface area contributed by atoms with Crippen LogP contribution in [-0.4, -0.2) is 11.4 Å². The Balaban J connectivity index is 1.79. The molecule has 0 heterocycles. The van der Waals surface area contributed by atoms with Crippen LogP contribution in [0.4, 0.5) is 0 Å². The molecule has 1 aromatic carbocycles. The molecule has 0 unspecified atom stereocenters. The number of hydrogen-bond donors (Lipinski definition) is 1. The summed E-state index contributed by atoms with van der Waals surface area (Å²) >= 11 is 0. The van der Waals surface area contributed by atoms with Crippen LogP contribution < -0.4 is 0 Å². The maximum absolute atomic E-state index is 11.8. The van der Waals surface area contributed by atoms with Crippen molar-refractivity contribution in [3.63, 3.8) is 0 Å². The lowest BCUT2D eigenvalue weighted by Gasteiger charge is -2.25. The predicted octanol–water partition coefficient (Wildman–Crippen LogP) is 5.45. The molecule has 0 aromatic heterocycles. The Hall–Kier alpha value is -1.31. The van der Waals surface area contributed by atoms with Crippen LogP contribution in [0.1, 0.15) is 85.7 Å². The van der Waals surface area contributed by atoms with Gasteiger partial charge in [0.05, 0.1) is 0 Å². The molecule has 2 heteroatoms. The maximum Gasteiger partial charge on any atom is 0.150 e. The molecule has 1 N–H and O–H groups in total. The molecule has 3 rings (SSSR count). The van der Waals surface area contributed by atoms with E-state index in [-0.39, 0.29) is 0 Å². The van der Waals surface area contributed by atoms with Crippen LogP contribution in [-0.2, 0) is 12.8 Å². The molecule has 0 spiro atoms. The molecular weight excluding hydrogens is 284 g/mol. The largest absolute Gasteiger partial charge is 0.508 e. The van der Waals surface area contributed by atoms with Gasteiger partial charge >= 0.3 is 0 Å². The summed E-state index contributed by atoms with van der Waals surface area (Å²) < 4.78 is 0. The van der Waals surface area contributed by atoms with Crippen molar-refractivity contribution in [3.05, 3.63) is 28.8 Å². The number of carbonyl (C=O) groups is 1. The number of phenols is 1. The number of carbonyl (C=O) groups excluding carboxylic acids is 1. The highest BCUT2D eigenvalue weighted by Crippen LogP contribution is 2.33. The molecule has 0 saturated heterocycles. The predicted molar refractivity (Wildman–Crippen MR) is 94.1 cm³/mol. The highest BCUT2D eigenvalue weighted by molar-refractivity contribution is 5.80. The maximum atomic E-state index is 11.8. The molecule has 0 amide bonds. The van der Waals surface area contributed by atoms with Crippen molar-refractivity contribution in [2.75, 3.05) is 0 Å². The van der Waals surface area contributed by atoms with E-state index >= 15 is 0 Å². The lowest BCUT2D eigenvalue weighted by atomic mass is 9.80. The Bertz CT molecular complexity index is 482. The second-order valence-corrected chi connectivity index (χ2v) is 7.71. The fourth-order valence-electron chi connectivity index (χ4n) is 4.65. The third-order valence-electron chi connectivity index (χ3n) is 5.92. The molecule has 0 bridgehead atoms. The Labute approximate surface area is 140 Å². The summed E-state index contributed by atoms with van der Waals surface area (Å²) in [6.45, 7) is 0. The smallest absolute Gasteiger partial charge is 0.150 e. The minimum Gasteiger partial charge on any atom is -0.508 e. The van der Waals surface area contributed by atoms with E-state index in [0.717, 1.165) is 35.8 Å². The van der Waals surface area contributed by atoms with Crippen LogP contribution in [0.5, 0.6) is 5.75 Å². The van der Waals surface area contributed by atoms with E-state index in [9.17, 15) is 9.90 Å². The lowest BCUT2D eigenvalue weighted by molar-refractivity contribution is 0.112. The van der Waals surface area contributed by atoms with Gasteiger partial charge in [0, 0.05) is 5.56 Å². The third kappa shape index (κ3) is 4.37. The molecule has 0 aliphatic heterocycles. The molecule has 126 valence electrons. The van der Waals surface area contributed by atoms with E-state index in [1.54, 1.807) is 0 Å². The van der Waals surface area contributed by atoms with Gasteiger partial charge < -0.3 is 5.11 Å². The van der Waals surface area contributed by atoms with Gasteiger partial charge in [0.2, 0.25) is 0 Å². The number of phenolic OH excluding ortho intramolecular Hbond substituents is 1. The Morgan fingerprint density at radius 3 is 1.65 bits per heavy atom. The molecule has 2 aliphatic rings. The van der Waals surface area contributed by atoms with Crippen molar-refractivity contribution >= 4 is 6.29 Å². The number of aromatic hydroxyl groups is 1. The van der Waals surface area contributed by atoms with E-state index in [1.165, 1.54) is 64.2 Å². The summed E-state index contributed by atoms with van der Waals surface area (Å²) in [7, 11) is 0. The fourth-order valence-corrected chi connectivity index (χ4v) is 4.65. The SMILES string of the molecule is O=Cc1c(CC2CCCCC2)cc(O)cc1CC1CCCCC1. The summed E-state index contributed by atoms with van der Waals surface area (Å²) in [5.41, 5.74) is 3.04. The normalized spacial score (nSPS) is 20.5. The monoisotopic (exact) mass is 314 g/mol. The molecule has 2 fully saturated rings. The van der Waals surface area contributed by atoms with Crippen molar-refractivity contribution in [1.82, 2.24) is 0 Å². The molecule has 2 saturated carbocycles. The first-order valence-corrected chi connectivity index (χ1v) is 9.56. The van der Waals surface area contributed by atoms with Gasteiger partial charge in [-0.3, -0.25) is 4.79 Å². The van der Waals surface area contributed by atoms with Crippen molar-refractivity contribution < 1.29 is 9.90 Å². The Morgan fingerprint density at radius 2 is 1.26 bits per heavy atom. The Kier molecular flexibility index (Phi) is 5.75. The van der Waals surface area contributed by atoms with E-state index < -0.39 is 0 Å². The summed E-state index contributed by atoms with van der Waals surface area (Å²) in [6.07, 6.45) is 16.0. The first kappa shape index (κ1) is 16.5. The molecule has 2 nitrogen and oxygen atoms in total. The molecule has 0 atom stereocenters. The van der Waals surface area contributed by atoms with Crippen LogP contribution in [0, 0.1) is 11.8 Å². The van der Waals surface area contributed by atoms with Gasteiger partial charge in [0.1, 0.15) is 5.75 Å². The first-order chi connectivity index (χ1) is 11.3. The quantitative estimate of drug-likeness (QED) is 0.734. The van der Waals surface area contributed by atoms with E-state index in [0.29, 0.717) is 17.6 Å². The van der Waals surface area contributed by atoms with Gasteiger partial charge in [-0.25, -0.2) is 0 Å². The summed E-state index contributed by atoms with van der Waals surface area (Å²) in [5.74, 6) is 1.71. The average Bonchev–Trinajstić information content (AvgIpc) is 2.56. The minimum absolute atomic E-state index is 0.340. The average molecular weight is 314 g/mol. The van der Waals surface area contributed by atoms with Gasteiger partial charge in [-0.2, -0.15) is 0 Å². The summed E-state index contributed by atoms with van der Waals surface area (Å²) in [4.78, 5) is 11.8. The zero-order chi connectivity index (χ0) is 16.1. The zero-order valence-electron chi connectivity index (χ0n) is 14.2. The highest BCUT2D eigenvalue weighted by Gasteiger charge is 2.20. The second kappa shape index (κ2) is 7.99. The van der Waals surface area contributed by atoms with E-state index in [2.05, 4.69) is 0 Å². The van der Waals surface area contributed by atoms with Gasteiger partial charge in [0.15, 0.2) is 6.29 Å². The van der Waals surface area contributed by atoms with Crippen molar-refractivity contribution in [2.24, 2.45) is 11.8 Å². The van der Waals surface area contributed by atoms with Crippen LogP contribution in [0.2, 0.25) is 0 Å². The number of rotatable bonds is 5. The molecule has 1 aromatic rings. The van der Waals surface area contributed by atoms with Crippen LogP contribution in [0.25, 0.3) is 0 Å². The summed E-state index contributed by atoms with van der Waals surface area (Å²) in [5, 5.41) is 10.2. The summed E-state index contributed by atoms with van der Waals surface area (Å²) in [6, 6.07) is 3.67. The van der Waals surface area contributed by atoms with Gasteiger partial charge in [-0.15, -0.1) is 0 Å². The Morgan fingerprint density at radius 1 is 0.826 bits per heavy atom. The van der Waals surface area contributed by atoms with Crippen molar-refractivity contribution in [1.29, 1.82) is 0 Å². The van der Waals surface area contributed by atoms with Gasteiger partial charge in [-0.1, -0.05) is 64.2 Å². The zero-order valence-corrected chi connectivity index (χ0v) is 14.2. The number of hydrogen-bond acceptors (Lipinski definition) is 2. The number of benzene rings is 1. The van der Waals surface area contributed by atoms with Crippen LogP contribution in [0.15, 0.2) is 12.1 Å². The van der Waals surface area contributed by atoms with Gasteiger partial charge in [-0.05, 0) is 47.9 Å².